The highest BCUT2D eigenvalue weighted by atomic mass is 32.2. The molecule has 6 nitrogen and oxygen atoms in total. The molecule has 4 rings (SSSR count). The second-order valence-corrected chi connectivity index (χ2v) is 10.5. The van der Waals surface area contributed by atoms with Gasteiger partial charge >= 0.3 is 0 Å². The molecule has 32 heavy (non-hydrogen) atoms. The summed E-state index contributed by atoms with van der Waals surface area (Å²) in [4.78, 5) is 35.3. The fraction of sp³-hybridized carbons (Fsp3) is 0.458. The zero-order valence-electron chi connectivity index (χ0n) is 19.0. The van der Waals surface area contributed by atoms with E-state index in [1.807, 2.05) is 37.8 Å². The Morgan fingerprint density at radius 3 is 2.56 bits per heavy atom. The Morgan fingerprint density at radius 2 is 1.91 bits per heavy atom. The van der Waals surface area contributed by atoms with Gasteiger partial charge in [0.25, 0.3) is 5.56 Å². The highest BCUT2D eigenvalue weighted by Crippen LogP contribution is 2.31. The van der Waals surface area contributed by atoms with Crippen molar-refractivity contribution < 1.29 is 9.53 Å². The molecule has 3 heterocycles. The first kappa shape index (κ1) is 23.0. The van der Waals surface area contributed by atoms with Gasteiger partial charge in [-0.15, -0.1) is 11.3 Å². The summed E-state index contributed by atoms with van der Waals surface area (Å²) in [6.45, 7) is 10.8. The van der Waals surface area contributed by atoms with Gasteiger partial charge in [-0.3, -0.25) is 14.2 Å². The van der Waals surface area contributed by atoms with Crippen molar-refractivity contribution in [2.75, 3.05) is 26.3 Å². The van der Waals surface area contributed by atoms with Crippen LogP contribution in [-0.4, -0.2) is 51.9 Å². The van der Waals surface area contributed by atoms with Crippen LogP contribution in [0.25, 0.3) is 10.2 Å². The van der Waals surface area contributed by atoms with E-state index in [1.165, 1.54) is 22.2 Å². The monoisotopic (exact) mass is 471 g/mol. The van der Waals surface area contributed by atoms with Crippen molar-refractivity contribution in [2.45, 2.75) is 51.1 Å². The van der Waals surface area contributed by atoms with Crippen LogP contribution in [0.2, 0.25) is 0 Å². The molecule has 1 aliphatic rings. The summed E-state index contributed by atoms with van der Waals surface area (Å²) in [6.07, 6.45) is 0.874. The summed E-state index contributed by atoms with van der Waals surface area (Å²) >= 11 is 2.96. The lowest BCUT2D eigenvalue weighted by molar-refractivity contribution is -0.134. The van der Waals surface area contributed by atoms with Crippen LogP contribution in [0.5, 0.6) is 0 Å². The Kier molecular flexibility index (Phi) is 7.02. The molecule has 1 atom stereocenters. The SMILES string of the molecule is CCc1sc2nc(SC(C)C(=O)N3CCOCC3)n(Cc3ccc(C)cc3)c(=O)c2c1C. The van der Waals surface area contributed by atoms with E-state index in [4.69, 9.17) is 9.72 Å². The van der Waals surface area contributed by atoms with Crippen molar-refractivity contribution in [1.29, 1.82) is 0 Å². The molecule has 1 fully saturated rings. The lowest BCUT2D eigenvalue weighted by Gasteiger charge is -2.29. The molecule has 1 aliphatic heterocycles. The molecule has 0 radical (unpaired) electrons. The number of morpholine rings is 1. The predicted octanol–water partition coefficient (Wildman–Crippen LogP) is 4.02. The van der Waals surface area contributed by atoms with Gasteiger partial charge in [-0.2, -0.15) is 0 Å². The number of thioether (sulfide) groups is 1. The minimum atomic E-state index is -0.339. The maximum Gasteiger partial charge on any atom is 0.263 e. The number of aromatic nitrogens is 2. The van der Waals surface area contributed by atoms with E-state index in [0.717, 1.165) is 22.4 Å². The molecule has 2 aromatic heterocycles. The van der Waals surface area contributed by atoms with Crippen molar-refractivity contribution in [3.05, 3.63) is 56.2 Å². The molecule has 1 amide bonds. The number of carbonyl (C=O) groups excluding carboxylic acids is 1. The van der Waals surface area contributed by atoms with Crippen LogP contribution < -0.4 is 5.56 Å². The largest absolute Gasteiger partial charge is 0.378 e. The first-order valence-electron chi connectivity index (χ1n) is 11.0. The van der Waals surface area contributed by atoms with Crippen molar-refractivity contribution in [2.24, 2.45) is 0 Å². The van der Waals surface area contributed by atoms with Gasteiger partial charge in [-0.25, -0.2) is 4.98 Å². The van der Waals surface area contributed by atoms with Crippen LogP contribution in [0.1, 0.15) is 35.4 Å². The Bertz CT molecular complexity index is 1180. The van der Waals surface area contributed by atoms with Crippen molar-refractivity contribution in [3.8, 4) is 0 Å². The van der Waals surface area contributed by atoms with E-state index in [2.05, 4.69) is 19.1 Å². The zero-order chi connectivity index (χ0) is 22.8. The van der Waals surface area contributed by atoms with Gasteiger partial charge in [0.1, 0.15) is 4.83 Å². The average molecular weight is 472 g/mol. The van der Waals surface area contributed by atoms with Crippen LogP contribution in [0.4, 0.5) is 0 Å². The number of rotatable bonds is 6. The highest BCUT2D eigenvalue weighted by molar-refractivity contribution is 8.00. The van der Waals surface area contributed by atoms with Gasteiger partial charge in [-0.1, -0.05) is 48.5 Å². The fourth-order valence-corrected chi connectivity index (χ4v) is 6.09. The van der Waals surface area contributed by atoms with Crippen molar-refractivity contribution in [3.63, 3.8) is 0 Å². The van der Waals surface area contributed by atoms with Gasteiger partial charge in [-0.05, 0) is 38.3 Å². The van der Waals surface area contributed by atoms with E-state index >= 15 is 0 Å². The lowest BCUT2D eigenvalue weighted by atomic mass is 10.1. The summed E-state index contributed by atoms with van der Waals surface area (Å²) in [7, 11) is 0. The van der Waals surface area contributed by atoms with Crippen LogP contribution >= 0.6 is 23.1 Å². The average Bonchev–Trinajstić information content (AvgIpc) is 3.13. The number of aryl methyl sites for hydroxylation is 3. The number of fused-ring (bicyclic) bond motifs is 1. The summed E-state index contributed by atoms with van der Waals surface area (Å²) in [5.41, 5.74) is 3.21. The first-order valence-corrected chi connectivity index (χ1v) is 12.7. The van der Waals surface area contributed by atoms with Crippen molar-refractivity contribution in [1.82, 2.24) is 14.5 Å². The molecule has 0 N–H and O–H groups in total. The van der Waals surface area contributed by atoms with Crippen LogP contribution in [-0.2, 0) is 22.5 Å². The molecule has 8 heteroatoms. The van der Waals surface area contributed by atoms with E-state index in [1.54, 1.807) is 15.9 Å². The summed E-state index contributed by atoms with van der Waals surface area (Å²) in [5, 5.41) is 0.963. The van der Waals surface area contributed by atoms with E-state index in [-0.39, 0.29) is 16.7 Å². The Balaban J connectivity index is 1.74. The van der Waals surface area contributed by atoms with Gasteiger partial charge in [0.05, 0.1) is 30.4 Å². The molecule has 0 saturated carbocycles. The molecule has 0 aliphatic carbocycles. The topological polar surface area (TPSA) is 64.4 Å². The third-order valence-electron chi connectivity index (χ3n) is 5.85. The van der Waals surface area contributed by atoms with Crippen LogP contribution in [0, 0.1) is 13.8 Å². The minimum absolute atomic E-state index is 0.0300. The third-order valence-corrected chi connectivity index (χ3v) is 8.26. The van der Waals surface area contributed by atoms with Crippen molar-refractivity contribution >= 4 is 39.2 Å². The second kappa shape index (κ2) is 9.77. The highest BCUT2D eigenvalue weighted by Gasteiger charge is 2.26. The number of nitrogens with zero attached hydrogens (tertiary/aromatic N) is 3. The van der Waals surface area contributed by atoms with E-state index < -0.39 is 0 Å². The zero-order valence-corrected chi connectivity index (χ0v) is 20.6. The quantitative estimate of drug-likeness (QED) is 0.401. The van der Waals surface area contributed by atoms with Gasteiger partial charge < -0.3 is 9.64 Å². The van der Waals surface area contributed by atoms with E-state index in [0.29, 0.717) is 43.4 Å². The number of amides is 1. The fourth-order valence-electron chi connectivity index (χ4n) is 3.94. The number of thiophene rings is 1. The van der Waals surface area contributed by atoms with Crippen LogP contribution in [0.3, 0.4) is 0 Å². The molecule has 0 spiro atoms. The van der Waals surface area contributed by atoms with Gasteiger partial charge in [0.15, 0.2) is 5.16 Å². The summed E-state index contributed by atoms with van der Waals surface area (Å²) in [5.74, 6) is 0.0612. The molecule has 1 unspecified atom stereocenters. The summed E-state index contributed by atoms with van der Waals surface area (Å²) in [6, 6.07) is 8.19. The molecule has 1 saturated heterocycles. The van der Waals surface area contributed by atoms with Crippen LogP contribution in [0.15, 0.2) is 34.2 Å². The normalized spacial score (nSPS) is 15.3. The summed E-state index contributed by atoms with van der Waals surface area (Å²) < 4.78 is 7.11. The Labute approximate surface area is 196 Å². The standard InChI is InChI=1S/C24H29N3O3S2/c1-5-19-16(3)20-21(32-19)25-24(31-17(4)22(28)26-10-12-30-13-11-26)27(23(20)29)14-18-8-6-15(2)7-9-18/h6-9,17H,5,10-14H2,1-4H3. The molecular weight excluding hydrogens is 442 g/mol. The molecule has 0 bridgehead atoms. The number of hydrogen-bond donors (Lipinski definition) is 0. The number of ether oxygens (including phenoxy) is 1. The lowest BCUT2D eigenvalue weighted by Crippen LogP contribution is -2.44. The number of benzene rings is 1. The molecular formula is C24H29N3O3S2. The van der Waals surface area contributed by atoms with Gasteiger partial charge in [0, 0.05) is 18.0 Å². The van der Waals surface area contributed by atoms with E-state index in [9.17, 15) is 9.59 Å². The second-order valence-electron chi connectivity index (χ2n) is 8.15. The minimum Gasteiger partial charge on any atom is -0.378 e. The molecule has 1 aromatic carbocycles. The Morgan fingerprint density at radius 1 is 1.22 bits per heavy atom. The van der Waals surface area contributed by atoms with Gasteiger partial charge in [0.2, 0.25) is 5.91 Å². The molecule has 170 valence electrons. The first-order chi connectivity index (χ1) is 15.4. The maximum atomic E-state index is 13.6. The smallest absolute Gasteiger partial charge is 0.263 e. The predicted molar refractivity (Wildman–Crippen MR) is 131 cm³/mol. The third kappa shape index (κ3) is 4.63. The maximum absolute atomic E-state index is 13.6. The number of hydrogen-bond acceptors (Lipinski definition) is 6. The molecule has 3 aromatic rings. The number of carbonyl (C=O) groups is 1. The Hall–Kier alpha value is -2.16.